The molecule has 1 N–H and O–H groups in total. The van der Waals surface area contributed by atoms with E-state index in [1.165, 1.54) is 6.08 Å². The largest absolute Gasteiger partial charge is 0.323 e. The van der Waals surface area contributed by atoms with Gasteiger partial charge in [0.25, 0.3) is 0 Å². The Morgan fingerprint density at radius 1 is 1.46 bits per heavy atom. The fraction of sp³-hybridized carbons (Fsp3) is 0. The maximum atomic E-state index is 10.9. The number of carbonyl (C=O) groups excluding carboxylic acids is 2. The first kappa shape index (κ1) is 9.19. The fourth-order valence-corrected chi connectivity index (χ4v) is 0.883. The van der Waals surface area contributed by atoms with E-state index < -0.39 is 0 Å². The highest BCUT2D eigenvalue weighted by atomic mass is 16.1. The van der Waals surface area contributed by atoms with Gasteiger partial charge in [-0.25, -0.2) is 0 Å². The van der Waals surface area contributed by atoms with E-state index in [1.807, 2.05) is 0 Å². The highest BCUT2D eigenvalue weighted by molar-refractivity contribution is 5.99. The lowest BCUT2D eigenvalue weighted by molar-refractivity contribution is -0.111. The molecule has 0 aliphatic heterocycles. The number of hydrogen-bond donors (Lipinski definition) is 1. The molecule has 0 spiro atoms. The van der Waals surface area contributed by atoms with Crippen LogP contribution in [0.5, 0.6) is 0 Å². The van der Waals surface area contributed by atoms with Crippen LogP contribution >= 0.6 is 0 Å². The maximum Gasteiger partial charge on any atom is 0.247 e. The summed E-state index contributed by atoms with van der Waals surface area (Å²) in [4.78, 5) is 21.2. The third-order valence-corrected chi connectivity index (χ3v) is 1.48. The van der Waals surface area contributed by atoms with Gasteiger partial charge in [-0.15, -0.1) is 0 Å². The van der Waals surface area contributed by atoms with Gasteiger partial charge in [0.05, 0.1) is 0 Å². The standard InChI is InChI=1S/C10H9NO2/c1-2-10(13)11-9-5-3-4-8(6-9)7-12/h2-7H,1H2,(H,11,13). The first-order valence-corrected chi connectivity index (χ1v) is 3.75. The normalized spacial score (nSPS) is 8.92. The van der Waals surface area contributed by atoms with E-state index in [-0.39, 0.29) is 5.91 Å². The molecule has 0 aliphatic rings. The average molecular weight is 175 g/mol. The molecule has 1 amide bonds. The maximum absolute atomic E-state index is 10.9. The van der Waals surface area contributed by atoms with E-state index in [4.69, 9.17) is 0 Å². The van der Waals surface area contributed by atoms with Crippen molar-refractivity contribution in [2.45, 2.75) is 0 Å². The minimum absolute atomic E-state index is 0.289. The van der Waals surface area contributed by atoms with Crippen LogP contribution in [0.4, 0.5) is 5.69 Å². The van der Waals surface area contributed by atoms with E-state index in [0.29, 0.717) is 11.3 Å². The zero-order chi connectivity index (χ0) is 9.68. The van der Waals surface area contributed by atoms with Gasteiger partial charge >= 0.3 is 0 Å². The molecule has 13 heavy (non-hydrogen) atoms. The van der Waals surface area contributed by atoms with Crippen LogP contribution < -0.4 is 5.32 Å². The van der Waals surface area contributed by atoms with Crippen LogP contribution in [0.15, 0.2) is 36.9 Å². The quantitative estimate of drug-likeness (QED) is 0.560. The van der Waals surface area contributed by atoms with E-state index in [9.17, 15) is 9.59 Å². The van der Waals surface area contributed by atoms with E-state index in [2.05, 4.69) is 11.9 Å². The fourth-order valence-electron chi connectivity index (χ4n) is 0.883. The van der Waals surface area contributed by atoms with Gasteiger partial charge in [0.2, 0.25) is 5.91 Å². The van der Waals surface area contributed by atoms with Crippen LogP contribution in [0, 0.1) is 0 Å². The molecule has 0 fully saturated rings. The third-order valence-electron chi connectivity index (χ3n) is 1.48. The SMILES string of the molecule is C=CC(=O)Nc1cccc(C=O)c1. The summed E-state index contributed by atoms with van der Waals surface area (Å²) < 4.78 is 0. The zero-order valence-electron chi connectivity index (χ0n) is 6.99. The molecule has 1 aromatic rings. The summed E-state index contributed by atoms with van der Waals surface area (Å²) >= 11 is 0. The Morgan fingerprint density at radius 3 is 2.85 bits per heavy atom. The number of aldehydes is 1. The van der Waals surface area contributed by atoms with Crippen molar-refractivity contribution in [3.63, 3.8) is 0 Å². The molecule has 1 rings (SSSR count). The molecule has 0 saturated heterocycles. The summed E-state index contributed by atoms with van der Waals surface area (Å²) in [6.45, 7) is 3.32. The summed E-state index contributed by atoms with van der Waals surface area (Å²) in [7, 11) is 0. The molecule has 0 unspecified atom stereocenters. The van der Waals surface area contributed by atoms with Gasteiger partial charge in [-0.3, -0.25) is 9.59 Å². The van der Waals surface area contributed by atoms with Crippen molar-refractivity contribution in [3.8, 4) is 0 Å². The van der Waals surface area contributed by atoms with Gasteiger partial charge in [0.15, 0.2) is 0 Å². The van der Waals surface area contributed by atoms with Crippen LogP contribution in [0.2, 0.25) is 0 Å². The van der Waals surface area contributed by atoms with Gasteiger partial charge in [-0.05, 0) is 18.2 Å². The van der Waals surface area contributed by atoms with Crippen LogP contribution in [0.25, 0.3) is 0 Å². The van der Waals surface area contributed by atoms with Crippen LogP contribution in [-0.4, -0.2) is 12.2 Å². The van der Waals surface area contributed by atoms with Crippen molar-refractivity contribution in [2.24, 2.45) is 0 Å². The molecule has 0 bridgehead atoms. The Hall–Kier alpha value is -1.90. The van der Waals surface area contributed by atoms with E-state index >= 15 is 0 Å². The Balaban J connectivity index is 2.83. The Bertz CT molecular complexity index is 345. The number of rotatable bonds is 3. The van der Waals surface area contributed by atoms with Gasteiger partial charge in [-0.2, -0.15) is 0 Å². The Labute approximate surface area is 76.1 Å². The molecule has 3 heteroatoms. The number of amides is 1. The van der Waals surface area contributed by atoms with E-state index in [1.54, 1.807) is 24.3 Å². The number of carbonyl (C=O) groups is 2. The van der Waals surface area contributed by atoms with Crippen molar-refractivity contribution >= 4 is 17.9 Å². The molecule has 0 heterocycles. The summed E-state index contributed by atoms with van der Waals surface area (Å²) in [5.41, 5.74) is 1.12. The highest BCUT2D eigenvalue weighted by Crippen LogP contribution is 2.08. The van der Waals surface area contributed by atoms with Crippen molar-refractivity contribution < 1.29 is 9.59 Å². The zero-order valence-corrected chi connectivity index (χ0v) is 6.99. The number of benzene rings is 1. The first-order chi connectivity index (χ1) is 6.26. The van der Waals surface area contributed by atoms with Crippen molar-refractivity contribution in [1.82, 2.24) is 0 Å². The predicted octanol–water partition coefficient (Wildman–Crippen LogP) is 1.62. The van der Waals surface area contributed by atoms with Gasteiger partial charge in [0.1, 0.15) is 6.29 Å². The number of anilines is 1. The topological polar surface area (TPSA) is 46.2 Å². The van der Waals surface area contributed by atoms with Crippen molar-refractivity contribution in [3.05, 3.63) is 42.5 Å². The van der Waals surface area contributed by atoms with Crippen molar-refractivity contribution in [1.29, 1.82) is 0 Å². The second-order valence-corrected chi connectivity index (χ2v) is 2.44. The smallest absolute Gasteiger partial charge is 0.247 e. The van der Waals surface area contributed by atoms with Gasteiger partial charge < -0.3 is 5.32 Å². The lowest BCUT2D eigenvalue weighted by Crippen LogP contribution is -2.07. The molecule has 0 aromatic heterocycles. The molecule has 1 aromatic carbocycles. The second-order valence-electron chi connectivity index (χ2n) is 2.44. The molecule has 66 valence electrons. The predicted molar refractivity (Wildman–Crippen MR) is 50.7 cm³/mol. The summed E-state index contributed by atoms with van der Waals surface area (Å²) in [6, 6.07) is 6.65. The van der Waals surface area contributed by atoms with Crippen molar-refractivity contribution in [2.75, 3.05) is 5.32 Å². The molecule has 0 radical (unpaired) electrons. The summed E-state index contributed by atoms with van der Waals surface area (Å²) in [5, 5.41) is 2.55. The lowest BCUT2D eigenvalue weighted by Gasteiger charge is -2.01. The lowest BCUT2D eigenvalue weighted by atomic mass is 10.2. The number of nitrogens with one attached hydrogen (secondary N) is 1. The van der Waals surface area contributed by atoms with Crippen LogP contribution in [0.1, 0.15) is 10.4 Å². The summed E-state index contributed by atoms with van der Waals surface area (Å²) in [6.07, 6.45) is 1.90. The van der Waals surface area contributed by atoms with E-state index in [0.717, 1.165) is 6.29 Å². The van der Waals surface area contributed by atoms with Gasteiger partial charge in [0, 0.05) is 11.3 Å². The summed E-state index contributed by atoms with van der Waals surface area (Å²) in [5.74, 6) is -0.289. The molecule has 3 nitrogen and oxygen atoms in total. The minimum Gasteiger partial charge on any atom is -0.323 e. The molecule has 0 atom stereocenters. The Kier molecular flexibility index (Phi) is 2.97. The first-order valence-electron chi connectivity index (χ1n) is 3.75. The van der Waals surface area contributed by atoms with Gasteiger partial charge in [-0.1, -0.05) is 18.7 Å². The highest BCUT2D eigenvalue weighted by Gasteiger charge is 1.96. The monoisotopic (exact) mass is 175 g/mol. The number of hydrogen-bond acceptors (Lipinski definition) is 2. The average Bonchev–Trinajstić information content (AvgIpc) is 2.18. The second kappa shape index (κ2) is 4.21. The minimum atomic E-state index is -0.289. The van der Waals surface area contributed by atoms with Crippen LogP contribution in [-0.2, 0) is 4.79 Å². The molecular formula is C10H9NO2. The molecule has 0 saturated carbocycles. The Morgan fingerprint density at radius 2 is 2.23 bits per heavy atom. The molecule has 0 aliphatic carbocycles. The van der Waals surface area contributed by atoms with Crippen LogP contribution in [0.3, 0.4) is 0 Å². The third kappa shape index (κ3) is 2.56. The molecular weight excluding hydrogens is 166 g/mol.